The van der Waals surface area contributed by atoms with E-state index < -0.39 is 6.10 Å². The topological polar surface area (TPSA) is 56.5 Å². The van der Waals surface area contributed by atoms with Gasteiger partial charge in [0.25, 0.3) is 0 Å². The molecule has 3 aromatic rings. The molecule has 1 N–H and O–H groups in total. The minimum Gasteiger partial charge on any atom is -0.493 e. The van der Waals surface area contributed by atoms with Crippen LogP contribution in [0.4, 0.5) is 0 Å². The van der Waals surface area contributed by atoms with Crippen molar-refractivity contribution in [2.45, 2.75) is 32.4 Å². The molecule has 0 saturated carbocycles. The highest BCUT2D eigenvalue weighted by Gasteiger charge is 2.17. The molecule has 0 bridgehead atoms. The van der Waals surface area contributed by atoms with Crippen molar-refractivity contribution in [1.82, 2.24) is 9.55 Å². The van der Waals surface area contributed by atoms with Gasteiger partial charge in [0.2, 0.25) is 0 Å². The van der Waals surface area contributed by atoms with Crippen LogP contribution in [0.15, 0.2) is 48.5 Å². The molecular formula is C20H24N2O3. The fraction of sp³-hybridized carbons (Fsp3) is 0.350. The maximum Gasteiger partial charge on any atom is 0.161 e. The summed E-state index contributed by atoms with van der Waals surface area (Å²) in [6, 6.07) is 15.5. The number of hydrogen-bond acceptors (Lipinski definition) is 4. The number of nitrogens with zero attached hydrogens (tertiary/aromatic N) is 2. The van der Waals surface area contributed by atoms with Gasteiger partial charge in [-0.25, -0.2) is 4.98 Å². The van der Waals surface area contributed by atoms with Crippen LogP contribution in [0.1, 0.15) is 31.7 Å². The standard InChI is InChI=1S/C20H24N2O3/c1-3-8-17(23)20-21-15-9-4-5-10-16(15)22(20)13-14-25-19-12-7-6-11-18(19)24-2/h4-7,9-12,17,23H,3,8,13-14H2,1-2H3/t17-/m1/s1. The van der Waals surface area contributed by atoms with E-state index in [0.717, 1.165) is 17.5 Å². The zero-order chi connectivity index (χ0) is 17.6. The summed E-state index contributed by atoms with van der Waals surface area (Å²) >= 11 is 0. The van der Waals surface area contributed by atoms with Crippen LogP contribution < -0.4 is 9.47 Å². The third-order valence-electron chi connectivity index (χ3n) is 4.19. The molecule has 0 spiro atoms. The van der Waals surface area contributed by atoms with E-state index in [-0.39, 0.29) is 0 Å². The number of aromatic nitrogens is 2. The number of aliphatic hydroxyl groups excluding tert-OH is 1. The summed E-state index contributed by atoms with van der Waals surface area (Å²) in [6.45, 7) is 3.13. The first kappa shape index (κ1) is 17.3. The molecule has 0 fully saturated rings. The Morgan fingerprint density at radius 2 is 1.80 bits per heavy atom. The second-order valence-corrected chi connectivity index (χ2v) is 5.91. The fourth-order valence-electron chi connectivity index (χ4n) is 2.97. The minimum atomic E-state index is -0.566. The SMILES string of the molecule is CCC[C@@H](O)c1nc2ccccc2n1CCOc1ccccc1OC. The Labute approximate surface area is 147 Å². The van der Waals surface area contributed by atoms with Gasteiger partial charge in [-0.2, -0.15) is 0 Å². The first-order valence-electron chi connectivity index (χ1n) is 8.63. The second-order valence-electron chi connectivity index (χ2n) is 5.91. The van der Waals surface area contributed by atoms with Gasteiger partial charge in [-0.3, -0.25) is 0 Å². The van der Waals surface area contributed by atoms with Gasteiger partial charge >= 0.3 is 0 Å². The second kappa shape index (κ2) is 8.03. The van der Waals surface area contributed by atoms with Gasteiger partial charge in [0, 0.05) is 0 Å². The summed E-state index contributed by atoms with van der Waals surface area (Å²) in [7, 11) is 1.63. The Kier molecular flexibility index (Phi) is 5.56. The fourth-order valence-corrected chi connectivity index (χ4v) is 2.97. The maximum absolute atomic E-state index is 10.5. The summed E-state index contributed by atoms with van der Waals surface area (Å²) in [4.78, 5) is 4.62. The van der Waals surface area contributed by atoms with Crippen LogP contribution in [-0.2, 0) is 6.54 Å². The maximum atomic E-state index is 10.5. The average molecular weight is 340 g/mol. The molecule has 1 heterocycles. The number of fused-ring (bicyclic) bond motifs is 1. The number of aliphatic hydroxyl groups is 1. The van der Waals surface area contributed by atoms with Crippen LogP contribution in [0.5, 0.6) is 11.5 Å². The molecular weight excluding hydrogens is 316 g/mol. The van der Waals surface area contributed by atoms with Gasteiger partial charge in [0.05, 0.1) is 24.7 Å². The van der Waals surface area contributed by atoms with Crippen molar-refractivity contribution in [3.63, 3.8) is 0 Å². The first-order chi connectivity index (χ1) is 12.2. The van der Waals surface area contributed by atoms with E-state index in [4.69, 9.17) is 9.47 Å². The van der Waals surface area contributed by atoms with Gasteiger partial charge in [-0.15, -0.1) is 0 Å². The number of para-hydroxylation sites is 4. The lowest BCUT2D eigenvalue weighted by Gasteiger charge is -2.15. The predicted molar refractivity (Wildman–Crippen MR) is 98.1 cm³/mol. The van der Waals surface area contributed by atoms with E-state index in [1.54, 1.807) is 7.11 Å². The van der Waals surface area contributed by atoms with Crippen molar-refractivity contribution < 1.29 is 14.6 Å². The van der Waals surface area contributed by atoms with Crippen molar-refractivity contribution in [2.75, 3.05) is 13.7 Å². The molecule has 5 nitrogen and oxygen atoms in total. The summed E-state index contributed by atoms with van der Waals surface area (Å²) in [5.74, 6) is 2.13. The largest absolute Gasteiger partial charge is 0.493 e. The van der Waals surface area contributed by atoms with E-state index in [0.29, 0.717) is 36.9 Å². The van der Waals surface area contributed by atoms with Crippen molar-refractivity contribution in [2.24, 2.45) is 0 Å². The van der Waals surface area contributed by atoms with Gasteiger partial charge in [0.1, 0.15) is 18.5 Å². The molecule has 0 aliphatic rings. The molecule has 0 saturated heterocycles. The monoisotopic (exact) mass is 340 g/mol. The predicted octanol–water partition coefficient (Wildman–Crippen LogP) is 3.96. The van der Waals surface area contributed by atoms with Crippen molar-refractivity contribution in [3.8, 4) is 11.5 Å². The highest BCUT2D eigenvalue weighted by molar-refractivity contribution is 5.76. The zero-order valence-corrected chi connectivity index (χ0v) is 14.7. The summed E-state index contributed by atoms with van der Waals surface area (Å²) in [5, 5.41) is 10.5. The number of hydrogen-bond donors (Lipinski definition) is 1. The highest BCUT2D eigenvalue weighted by atomic mass is 16.5. The number of imidazole rings is 1. The van der Waals surface area contributed by atoms with Crippen LogP contribution in [0, 0.1) is 0 Å². The normalized spacial score (nSPS) is 12.3. The van der Waals surface area contributed by atoms with Gasteiger partial charge < -0.3 is 19.1 Å². The Hall–Kier alpha value is -2.53. The summed E-state index contributed by atoms with van der Waals surface area (Å²) < 4.78 is 13.2. The third-order valence-corrected chi connectivity index (χ3v) is 4.19. The van der Waals surface area contributed by atoms with E-state index in [9.17, 15) is 5.11 Å². The number of rotatable bonds is 8. The Balaban J connectivity index is 1.81. The molecule has 1 aromatic heterocycles. The highest BCUT2D eigenvalue weighted by Crippen LogP contribution is 2.27. The van der Waals surface area contributed by atoms with E-state index in [1.807, 2.05) is 53.1 Å². The number of ether oxygens (including phenoxy) is 2. The van der Waals surface area contributed by atoms with Gasteiger partial charge in [-0.05, 0) is 30.7 Å². The molecule has 5 heteroatoms. The molecule has 0 aliphatic carbocycles. The number of benzene rings is 2. The molecule has 3 rings (SSSR count). The molecule has 1 atom stereocenters. The molecule has 132 valence electrons. The van der Waals surface area contributed by atoms with Crippen LogP contribution in [0.2, 0.25) is 0 Å². The smallest absolute Gasteiger partial charge is 0.161 e. The molecule has 0 amide bonds. The quantitative estimate of drug-likeness (QED) is 0.674. The third kappa shape index (κ3) is 3.77. The van der Waals surface area contributed by atoms with Crippen molar-refractivity contribution >= 4 is 11.0 Å². The molecule has 2 aromatic carbocycles. The van der Waals surface area contributed by atoms with E-state index in [2.05, 4.69) is 11.9 Å². The summed E-state index contributed by atoms with van der Waals surface area (Å²) in [5.41, 5.74) is 1.90. The lowest BCUT2D eigenvalue weighted by Crippen LogP contribution is -2.14. The van der Waals surface area contributed by atoms with Crippen molar-refractivity contribution in [3.05, 3.63) is 54.4 Å². The van der Waals surface area contributed by atoms with E-state index >= 15 is 0 Å². The average Bonchev–Trinajstić information content (AvgIpc) is 3.01. The van der Waals surface area contributed by atoms with Crippen LogP contribution in [0.3, 0.4) is 0 Å². The lowest BCUT2D eigenvalue weighted by atomic mass is 10.2. The molecule has 0 aliphatic heterocycles. The Bertz CT molecular complexity index is 829. The molecule has 0 radical (unpaired) electrons. The van der Waals surface area contributed by atoms with Crippen molar-refractivity contribution in [1.29, 1.82) is 0 Å². The van der Waals surface area contributed by atoms with E-state index in [1.165, 1.54) is 0 Å². The minimum absolute atomic E-state index is 0.465. The lowest BCUT2D eigenvalue weighted by molar-refractivity contribution is 0.150. The first-order valence-corrected chi connectivity index (χ1v) is 8.63. The Morgan fingerprint density at radius 3 is 2.56 bits per heavy atom. The van der Waals surface area contributed by atoms with Crippen LogP contribution in [-0.4, -0.2) is 28.4 Å². The zero-order valence-electron chi connectivity index (χ0n) is 14.7. The van der Waals surface area contributed by atoms with Gasteiger partial charge in [-0.1, -0.05) is 37.6 Å². The molecule has 25 heavy (non-hydrogen) atoms. The molecule has 0 unspecified atom stereocenters. The number of methoxy groups -OCH3 is 1. The Morgan fingerprint density at radius 1 is 1.08 bits per heavy atom. The van der Waals surface area contributed by atoms with Crippen LogP contribution >= 0.6 is 0 Å². The van der Waals surface area contributed by atoms with Gasteiger partial charge in [0.15, 0.2) is 11.5 Å². The summed E-state index contributed by atoms with van der Waals surface area (Å²) in [6.07, 6.45) is 1.03. The van der Waals surface area contributed by atoms with Crippen LogP contribution in [0.25, 0.3) is 11.0 Å².